The Kier molecular flexibility index (Phi) is 3.73. The van der Waals surface area contributed by atoms with Gasteiger partial charge in [0.05, 0.1) is 29.6 Å². The van der Waals surface area contributed by atoms with Crippen LogP contribution in [0.1, 0.15) is 28.4 Å². The second-order valence-corrected chi connectivity index (χ2v) is 6.17. The molecule has 0 bridgehead atoms. The van der Waals surface area contributed by atoms with Gasteiger partial charge in [-0.2, -0.15) is 0 Å². The minimum absolute atomic E-state index is 0.128. The van der Waals surface area contributed by atoms with Gasteiger partial charge in [-0.05, 0) is 36.2 Å². The number of H-pyrrole nitrogens is 1. The van der Waals surface area contributed by atoms with Crippen molar-refractivity contribution in [2.75, 3.05) is 6.54 Å². The Morgan fingerprint density at radius 3 is 2.72 bits per heavy atom. The van der Waals surface area contributed by atoms with Gasteiger partial charge in [0.15, 0.2) is 0 Å². The van der Waals surface area contributed by atoms with E-state index in [2.05, 4.69) is 9.97 Å². The molecule has 0 spiro atoms. The van der Waals surface area contributed by atoms with Crippen molar-refractivity contribution in [2.24, 2.45) is 0 Å². The maximum Gasteiger partial charge on any atom is 0.256 e. The Morgan fingerprint density at radius 2 is 1.96 bits per heavy atom. The summed E-state index contributed by atoms with van der Waals surface area (Å²) in [4.78, 5) is 21.4. The Bertz CT molecular complexity index is 939. The van der Waals surface area contributed by atoms with E-state index < -0.39 is 23.9 Å². The van der Waals surface area contributed by atoms with Crippen molar-refractivity contribution in [2.45, 2.75) is 18.6 Å². The topological polar surface area (TPSA) is 69.2 Å². The Labute approximate surface area is 141 Å². The summed E-state index contributed by atoms with van der Waals surface area (Å²) < 4.78 is 27.0. The van der Waals surface area contributed by atoms with Crippen LogP contribution in [0.15, 0.2) is 42.7 Å². The fourth-order valence-electron chi connectivity index (χ4n) is 3.37. The highest BCUT2D eigenvalue weighted by Gasteiger charge is 2.36. The molecule has 1 aliphatic heterocycles. The van der Waals surface area contributed by atoms with E-state index in [9.17, 15) is 18.7 Å². The lowest BCUT2D eigenvalue weighted by Gasteiger charge is -2.25. The number of aliphatic hydroxyl groups excluding tert-OH is 1. The fourth-order valence-corrected chi connectivity index (χ4v) is 3.37. The number of carbonyl (C=O) groups is 1. The molecular weight excluding hydrogens is 328 g/mol. The summed E-state index contributed by atoms with van der Waals surface area (Å²) in [7, 11) is 0. The highest BCUT2D eigenvalue weighted by molar-refractivity contribution is 6.05. The molecule has 4 rings (SSSR count). The fraction of sp³-hybridized carbons (Fsp3) is 0.222. The van der Waals surface area contributed by atoms with Crippen LogP contribution in [0.2, 0.25) is 0 Å². The van der Waals surface area contributed by atoms with Crippen molar-refractivity contribution in [1.29, 1.82) is 0 Å². The minimum Gasteiger partial charge on any atom is -0.391 e. The molecular formula is C18H15F2N3O2. The van der Waals surface area contributed by atoms with Gasteiger partial charge in [-0.15, -0.1) is 0 Å². The molecule has 25 heavy (non-hydrogen) atoms. The predicted molar refractivity (Wildman–Crippen MR) is 86.9 cm³/mol. The zero-order valence-electron chi connectivity index (χ0n) is 13.1. The SMILES string of the molecule is O=C(c1cc(F)cc2[nH]cnc12)N1C[C@@H](O)C[C@H]1c1ccc(F)cc1. The number of hydrogen-bond acceptors (Lipinski definition) is 3. The lowest BCUT2D eigenvalue weighted by atomic mass is 10.0. The van der Waals surface area contributed by atoms with Crippen LogP contribution in [0.3, 0.4) is 0 Å². The van der Waals surface area contributed by atoms with Gasteiger partial charge in [-0.1, -0.05) is 12.1 Å². The Hall–Kier alpha value is -2.80. The van der Waals surface area contributed by atoms with Gasteiger partial charge in [0, 0.05) is 6.54 Å². The van der Waals surface area contributed by atoms with Gasteiger partial charge < -0.3 is 15.0 Å². The number of carbonyl (C=O) groups excluding carboxylic acids is 1. The average Bonchev–Trinajstić information content (AvgIpc) is 3.20. The van der Waals surface area contributed by atoms with Crippen LogP contribution in [-0.2, 0) is 0 Å². The number of rotatable bonds is 2. The van der Waals surface area contributed by atoms with Crippen molar-refractivity contribution >= 4 is 16.9 Å². The van der Waals surface area contributed by atoms with Crippen LogP contribution < -0.4 is 0 Å². The maximum absolute atomic E-state index is 13.9. The Morgan fingerprint density at radius 1 is 1.20 bits per heavy atom. The third kappa shape index (κ3) is 2.76. The molecule has 5 nitrogen and oxygen atoms in total. The number of benzene rings is 2. The molecule has 1 saturated heterocycles. The first-order valence-corrected chi connectivity index (χ1v) is 7.90. The molecule has 0 radical (unpaired) electrons. The van der Waals surface area contributed by atoms with Gasteiger partial charge in [0.2, 0.25) is 0 Å². The number of hydrogen-bond donors (Lipinski definition) is 2. The first-order chi connectivity index (χ1) is 12.0. The first kappa shape index (κ1) is 15.7. The zero-order valence-corrected chi connectivity index (χ0v) is 13.1. The van der Waals surface area contributed by atoms with E-state index in [1.54, 1.807) is 12.1 Å². The highest BCUT2D eigenvalue weighted by atomic mass is 19.1. The molecule has 7 heteroatoms. The molecule has 0 aliphatic carbocycles. The number of aliphatic hydroxyl groups is 1. The molecule has 2 aromatic carbocycles. The number of imidazole rings is 1. The third-order valence-electron chi connectivity index (χ3n) is 4.51. The molecule has 128 valence electrons. The largest absolute Gasteiger partial charge is 0.391 e. The molecule has 1 amide bonds. The summed E-state index contributed by atoms with van der Waals surface area (Å²) in [6.45, 7) is 0.128. The first-order valence-electron chi connectivity index (χ1n) is 7.90. The molecule has 1 fully saturated rings. The van der Waals surface area contributed by atoms with Crippen LogP contribution in [0.25, 0.3) is 11.0 Å². The van der Waals surface area contributed by atoms with E-state index >= 15 is 0 Å². The smallest absolute Gasteiger partial charge is 0.256 e. The predicted octanol–water partition coefficient (Wildman–Crippen LogP) is 2.79. The van der Waals surface area contributed by atoms with Gasteiger partial charge in [-0.25, -0.2) is 13.8 Å². The van der Waals surface area contributed by atoms with Crippen molar-refractivity contribution in [3.8, 4) is 0 Å². The normalized spacial score (nSPS) is 20.4. The van der Waals surface area contributed by atoms with Gasteiger partial charge in [0.1, 0.15) is 17.2 Å². The lowest BCUT2D eigenvalue weighted by Crippen LogP contribution is -2.32. The number of nitrogens with one attached hydrogen (secondary N) is 1. The van der Waals surface area contributed by atoms with Gasteiger partial charge >= 0.3 is 0 Å². The van der Waals surface area contributed by atoms with E-state index in [1.807, 2.05) is 0 Å². The van der Waals surface area contributed by atoms with Crippen LogP contribution in [0.4, 0.5) is 8.78 Å². The number of halogens is 2. The molecule has 2 N–H and O–H groups in total. The standard InChI is InChI=1S/C18H15F2N3O2/c19-11-3-1-10(2-4-11)16-7-13(24)8-23(16)18(25)14-5-12(20)6-15-17(14)22-9-21-15/h1-6,9,13,16,24H,7-8H2,(H,21,22)/t13-,16-/m0/s1. The summed E-state index contributed by atoms with van der Waals surface area (Å²) in [5, 5.41) is 10.0. The number of likely N-dealkylation sites (tertiary alicyclic amines) is 1. The van der Waals surface area contributed by atoms with E-state index in [-0.39, 0.29) is 17.9 Å². The number of nitrogens with zero attached hydrogens (tertiary/aromatic N) is 2. The minimum atomic E-state index is -0.692. The molecule has 2 atom stereocenters. The van der Waals surface area contributed by atoms with Crippen molar-refractivity contribution in [3.05, 3.63) is 65.5 Å². The van der Waals surface area contributed by atoms with E-state index in [1.165, 1.54) is 29.4 Å². The molecule has 1 aromatic heterocycles. The van der Waals surface area contributed by atoms with Crippen molar-refractivity contribution < 1.29 is 18.7 Å². The maximum atomic E-state index is 13.9. The average molecular weight is 343 g/mol. The van der Waals surface area contributed by atoms with Gasteiger partial charge in [-0.3, -0.25) is 4.79 Å². The second-order valence-electron chi connectivity index (χ2n) is 6.17. The summed E-state index contributed by atoms with van der Waals surface area (Å²) in [5.41, 5.74) is 1.67. The molecule has 1 aliphatic rings. The summed E-state index contributed by atoms with van der Waals surface area (Å²) in [5.74, 6) is -1.33. The van der Waals surface area contributed by atoms with E-state index in [4.69, 9.17) is 0 Å². The van der Waals surface area contributed by atoms with E-state index in [0.717, 1.165) is 11.6 Å². The number of aromatic nitrogens is 2. The monoisotopic (exact) mass is 343 g/mol. The number of fused-ring (bicyclic) bond motifs is 1. The zero-order chi connectivity index (χ0) is 17.6. The lowest BCUT2D eigenvalue weighted by molar-refractivity contribution is 0.0717. The number of amides is 1. The highest BCUT2D eigenvalue weighted by Crippen LogP contribution is 2.34. The summed E-state index contributed by atoms with van der Waals surface area (Å²) in [6, 6.07) is 7.84. The van der Waals surface area contributed by atoms with Crippen molar-refractivity contribution in [1.82, 2.24) is 14.9 Å². The van der Waals surface area contributed by atoms with Crippen LogP contribution in [0.5, 0.6) is 0 Å². The molecule has 0 saturated carbocycles. The van der Waals surface area contributed by atoms with Crippen molar-refractivity contribution in [3.63, 3.8) is 0 Å². The summed E-state index contributed by atoms with van der Waals surface area (Å²) >= 11 is 0. The number of β-amino-alcohol motifs (C(OH)–C–C–N with tert-alkyl or cyclic N) is 1. The van der Waals surface area contributed by atoms with E-state index in [0.29, 0.717) is 17.5 Å². The summed E-state index contributed by atoms with van der Waals surface area (Å²) in [6.07, 6.45) is 1.05. The molecule has 2 heterocycles. The van der Waals surface area contributed by atoms with Crippen LogP contribution in [-0.4, -0.2) is 38.5 Å². The van der Waals surface area contributed by atoms with Crippen LogP contribution >= 0.6 is 0 Å². The van der Waals surface area contributed by atoms with Crippen LogP contribution in [0, 0.1) is 11.6 Å². The second kappa shape index (κ2) is 5.93. The molecule has 0 unspecified atom stereocenters. The number of aromatic amines is 1. The van der Waals surface area contributed by atoms with Gasteiger partial charge in [0.25, 0.3) is 5.91 Å². The Balaban J connectivity index is 1.74. The molecule has 3 aromatic rings. The third-order valence-corrected chi connectivity index (χ3v) is 4.51. The quantitative estimate of drug-likeness (QED) is 0.752.